The lowest BCUT2D eigenvalue weighted by molar-refractivity contribution is -0.123. The van der Waals surface area contributed by atoms with Gasteiger partial charge in [-0.3, -0.25) is 4.79 Å². The van der Waals surface area contributed by atoms with Crippen LogP contribution in [0.4, 0.5) is 5.69 Å². The lowest BCUT2D eigenvalue weighted by Gasteiger charge is -2.08. The molecule has 0 atom stereocenters. The molecule has 0 radical (unpaired) electrons. The number of hydrogen-bond acceptors (Lipinski definition) is 4. The van der Waals surface area contributed by atoms with Crippen molar-refractivity contribution >= 4 is 11.5 Å². The molecule has 0 spiro atoms. The summed E-state index contributed by atoms with van der Waals surface area (Å²) in [5.41, 5.74) is 1.00. The molecule has 1 aromatic rings. The van der Waals surface area contributed by atoms with Crippen LogP contribution in [-0.4, -0.2) is 32.7 Å². The van der Waals surface area contributed by atoms with E-state index in [1.807, 2.05) is 38.2 Å². The maximum absolute atomic E-state index is 11.0. The van der Waals surface area contributed by atoms with Gasteiger partial charge in [-0.1, -0.05) is 13.0 Å². The molecule has 0 saturated heterocycles. The molecular weight excluding hydrogens is 218 g/mol. The Morgan fingerprint density at radius 1 is 1.35 bits per heavy atom. The van der Waals surface area contributed by atoms with Gasteiger partial charge in [0.25, 0.3) is 0 Å². The van der Waals surface area contributed by atoms with E-state index in [2.05, 4.69) is 5.32 Å². The molecule has 0 aliphatic heterocycles. The zero-order valence-corrected chi connectivity index (χ0v) is 10.4. The van der Waals surface area contributed by atoms with Crippen LogP contribution in [0.5, 0.6) is 5.75 Å². The van der Waals surface area contributed by atoms with Crippen LogP contribution < -0.4 is 10.1 Å². The smallest absolute Gasteiger partial charge is 0.158 e. The first-order valence-corrected chi connectivity index (χ1v) is 5.76. The zero-order valence-electron chi connectivity index (χ0n) is 10.4. The van der Waals surface area contributed by atoms with E-state index < -0.39 is 0 Å². The van der Waals surface area contributed by atoms with Crippen LogP contribution in [0.2, 0.25) is 0 Å². The van der Waals surface area contributed by atoms with Gasteiger partial charge in [0.1, 0.15) is 19.0 Å². The maximum atomic E-state index is 11.0. The number of anilines is 1. The molecule has 0 amide bonds. The average Bonchev–Trinajstić information content (AvgIpc) is 2.38. The highest BCUT2D eigenvalue weighted by Crippen LogP contribution is 2.16. The van der Waals surface area contributed by atoms with Crippen molar-refractivity contribution in [1.82, 2.24) is 0 Å². The molecule has 0 bridgehead atoms. The molecule has 4 heteroatoms. The summed E-state index contributed by atoms with van der Waals surface area (Å²) in [6.07, 6.45) is 0.519. The third-order valence-corrected chi connectivity index (χ3v) is 2.28. The van der Waals surface area contributed by atoms with E-state index in [0.29, 0.717) is 19.6 Å². The highest BCUT2D eigenvalue weighted by atomic mass is 16.5. The van der Waals surface area contributed by atoms with E-state index >= 15 is 0 Å². The van der Waals surface area contributed by atoms with Gasteiger partial charge in [-0.25, -0.2) is 0 Å². The van der Waals surface area contributed by atoms with Crippen molar-refractivity contribution in [2.45, 2.75) is 13.3 Å². The average molecular weight is 237 g/mol. The summed E-state index contributed by atoms with van der Waals surface area (Å²) in [6, 6.07) is 7.68. The summed E-state index contributed by atoms with van der Waals surface area (Å²) in [5.74, 6) is 0.907. The molecule has 0 aliphatic carbocycles. The van der Waals surface area contributed by atoms with E-state index in [9.17, 15) is 4.79 Å². The van der Waals surface area contributed by atoms with Gasteiger partial charge in [0, 0.05) is 25.2 Å². The van der Waals surface area contributed by atoms with E-state index in [-0.39, 0.29) is 12.4 Å². The van der Waals surface area contributed by atoms with Gasteiger partial charge in [0.2, 0.25) is 0 Å². The van der Waals surface area contributed by atoms with Crippen molar-refractivity contribution < 1.29 is 14.3 Å². The monoisotopic (exact) mass is 237 g/mol. The fourth-order valence-corrected chi connectivity index (χ4v) is 1.25. The van der Waals surface area contributed by atoms with E-state index in [0.717, 1.165) is 11.4 Å². The molecule has 0 saturated carbocycles. The number of carbonyl (C=O) groups excluding carboxylic acids is 1. The first kappa shape index (κ1) is 13.5. The summed E-state index contributed by atoms with van der Waals surface area (Å²) in [4.78, 5) is 11.0. The van der Waals surface area contributed by atoms with Crippen LogP contribution in [0, 0.1) is 0 Å². The quantitative estimate of drug-likeness (QED) is 0.703. The fraction of sp³-hybridized carbons (Fsp3) is 0.462. The minimum atomic E-state index is 0.113. The minimum absolute atomic E-state index is 0.113. The number of hydrogen-bond donors (Lipinski definition) is 1. The van der Waals surface area contributed by atoms with E-state index in [1.54, 1.807) is 0 Å². The van der Waals surface area contributed by atoms with Crippen molar-refractivity contribution in [2.75, 3.05) is 32.2 Å². The van der Waals surface area contributed by atoms with Gasteiger partial charge in [-0.2, -0.15) is 0 Å². The molecule has 1 rings (SSSR count). The van der Waals surface area contributed by atoms with Gasteiger partial charge in [-0.15, -0.1) is 0 Å². The first-order valence-electron chi connectivity index (χ1n) is 5.76. The van der Waals surface area contributed by atoms with Crippen molar-refractivity contribution in [1.29, 1.82) is 0 Å². The number of benzene rings is 1. The fourth-order valence-electron chi connectivity index (χ4n) is 1.25. The molecule has 0 fully saturated rings. The Morgan fingerprint density at radius 2 is 2.18 bits per heavy atom. The van der Waals surface area contributed by atoms with Crippen molar-refractivity contribution in [3.05, 3.63) is 24.3 Å². The van der Waals surface area contributed by atoms with Crippen LogP contribution in [0.25, 0.3) is 0 Å². The number of rotatable bonds is 8. The largest absolute Gasteiger partial charge is 0.491 e. The topological polar surface area (TPSA) is 47.6 Å². The van der Waals surface area contributed by atoms with Crippen LogP contribution in [-0.2, 0) is 9.53 Å². The molecule has 1 N–H and O–H groups in total. The number of carbonyl (C=O) groups is 1. The van der Waals surface area contributed by atoms with Gasteiger partial charge in [-0.05, 0) is 12.1 Å². The zero-order chi connectivity index (χ0) is 12.5. The molecule has 17 heavy (non-hydrogen) atoms. The molecular formula is C13H19NO3. The summed E-state index contributed by atoms with van der Waals surface area (Å²) in [5, 5.41) is 3.04. The molecule has 4 nitrogen and oxygen atoms in total. The number of Topliss-reactive ketones (excluding diaryl/α,β-unsaturated/α-hetero) is 1. The predicted octanol–water partition coefficient (Wildman–Crippen LogP) is 2.10. The molecule has 94 valence electrons. The third kappa shape index (κ3) is 5.36. The second-order valence-corrected chi connectivity index (χ2v) is 3.57. The minimum Gasteiger partial charge on any atom is -0.491 e. The third-order valence-electron chi connectivity index (χ3n) is 2.28. The van der Waals surface area contributed by atoms with E-state index in [1.165, 1.54) is 0 Å². The Morgan fingerprint density at radius 3 is 2.88 bits per heavy atom. The summed E-state index contributed by atoms with van der Waals surface area (Å²) in [6.45, 7) is 2.88. The molecule has 0 unspecified atom stereocenters. The lowest BCUT2D eigenvalue weighted by Crippen LogP contribution is -2.12. The number of nitrogens with one attached hydrogen (secondary N) is 1. The number of ether oxygens (including phenoxy) is 2. The van der Waals surface area contributed by atoms with Gasteiger partial charge in [0.15, 0.2) is 5.78 Å². The maximum Gasteiger partial charge on any atom is 0.158 e. The van der Waals surface area contributed by atoms with Gasteiger partial charge < -0.3 is 14.8 Å². The lowest BCUT2D eigenvalue weighted by atomic mass is 10.3. The van der Waals surface area contributed by atoms with Gasteiger partial charge >= 0.3 is 0 Å². The summed E-state index contributed by atoms with van der Waals surface area (Å²) in [7, 11) is 1.86. The van der Waals surface area contributed by atoms with E-state index in [4.69, 9.17) is 9.47 Å². The second kappa shape index (κ2) is 7.68. The Bertz CT molecular complexity index is 352. The Balaban J connectivity index is 2.19. The van der Waals surface area contributed by atoms with Crippen molar-refractivity contribution in [2.24, 2.45) is 0 Å². The SMILES string of the molecule is CCC(=O)COCCOc1cccc(NC)c1. The van der Waals surface area contributed by atoms with Crippen molar-refractivity contribution in [3.63, 3.8) is 0 Å². The Hall–Kier alpha value is -1.55. The predicted molar refractivity (Wildman–Crippen MR) is 67.6 cm³/mol. The van der Waals surface area contributed by atoms with Crippen LogP contribution >= 0.6 is 0 Å². The highest BCUT2D eigenvalue weighted by molar-refractivity contribution is 5.79. The number of ketones is 1. The van der Waals surface area contributed by atoms with Crippen LogP contribution in [0.15, 0.2) is 24.3 Å². The standard InChI is InChI=1S/C13H19NO3/c1-3-12(15)10-16-7-8-17-13-6-4-5-11(9-13)14-2/h4-6,9,14H,3,7-8,10H2,1-2H3. The molecule has 0 aromatic heterocycles. The summed E-state index contributed by atoms with van der Waals surface area (Å²) >= 11 is 0. The van der Waals surface area contributed by atoms with Gasteiger partial charge in [0.05, 0.1) is 6.61 Å². The first-order chi connectivity index (χ1) is 8.26. The Labute approximate surface area is 102 Å². The molecule has 1 aromatic carbocycles. The normalized spacial score (nSPS) is 10.0. The molecule has 0 heterocycles. The van der Waals surface area contributed by atoms with Crippen molar-refractivity contribution in [3.8, 4) is 5.75 Å². The Kier molecular flexibility index (Phi) is 6.10. The molecule has 0 aliphatic rings. The van der Waals surface area contributed by atoms with Crippen LogP contribution in [0.1, 0.15) is 13.3 Å². The van der Waals surface area contributed by atoms with Crippen LogP contribution in [0.3, 0.4) is 0 Å². The highest BCUT2D eigenvalue weighted by Gasteiger charge is 1.98. The summed E-state index contributed by atoms with van der Waals surface area (Å²) < 4.78 is 10.7. The second-order valence-electron chi connectivity index (χ2n) is 3.57.